The first-order valence-corrected chi connectivity index (χ1v) is 12.5. The van der Waals surface area contributed by atoms with E-state index in [4.69, 9.17) is 0 Å². The molecule has 1 amide bonds. The molecule has 1 fully saturated rings. The SMILES string of the molecule is CC(CSc1ccccc1)C(=O)NC1CCN(S(=O)(=O)Cc2ccccc2)CC1. The van der Waals surface area contributed by atoms with Crippen molar-refractivity contribution in [3.05, 3.63) is 66.2 Å². The second-order valence-corrected chi connectivity index (χ2v) is 10.5. The Morgan fingerprint density at radius 2 is 1.66 bits per heavy atom. The highest BCUT2D eigenvalue weighted by Gasteiger charge is 2.29. The molecule has 2 aromatic rings. The highest BCUT2D eigenvalue weighted by atomic mass is 32.2. The fourth-order valence-electron chi connectivity index (χ4n) is 3.31. The Kier molecular flexibility index (Phi) is 7.75. The average Bonchev–Trinajstić information content (AvgIpc) is 2.73. The van der Waals surface area contributed by atoms with Gasteiger partial charge in [-0.15, -0.1) is 11.8 Å². The zero-order valence-corrected chi connectivity index (χ0v) is 18.3. The van der Waals surface area contributed by atoms with Crippen molar-refractivity contribution in [2.75, 3.05) is 18.8 Å². The van der Waals surface area contributed by atoms with Crippen LogP contribution in [-0.2, 0) is 20.6 Å². The van der Waals surface area contributed by atoms with Gasteiger partial charge in [-0.25, -0.2) is 12.7 Å². The molecule has 1 atom stereocenters. The van der Waals surface area contributed by atoms with E-state index in [9.17, 15) is 13.2 Å². The van der Waals surface area contributed by atoms with E-state index in [0.717, 1.165) is 16.2 Å². The third-order valence-corrected chi connectivity index (χ3v) is 8.20. The number of rotatable bonds is 8. The second kappa shape index (κ2) is 10.3. The summed E-state index contributed by atoms with van der Waals surface area (Å²) < 4.78 is 26.8. The van der Waals surface area contributed by atoms with Gasteiger partial charge in [-0.3, -0.25) is 4.79 Å². The van der Waals surface area contributed by atoms with Gasteiger partial charge in [-0.05, 0) is 30.5 Å². The lowest BCUT2D eigenvalue weighted by atomic mass is 10.1. The maximum absolute atomic E-state index is 12.6. The summed E-state index contributed by atoms with van der Waals surface area (Å²) >= 11 is 1.68. The summed E-state index contributed by atoms with van der Waals surface area (Å²) in [6, 6.07) is 19.3. The molecule has 156 valence electrons. The van der Waals surface area contributed by atoms with E-state index in [1.54, 1.807) is 16.1 Å². The molecule has 3 rings (SSSR count). The Balaban J connectivity index is 1.43. The number of sulfonamides is 1. The molecule has 5 nitrogen and oxygen atoms in total. The van der Waals surface area contributed by atoms with Gasteiger partial charge in [0.2, 0.25) is 15.9 Å². The number of hydrogen-bond acceptors (Lipinski definition) is 4. The number of hydrogen-bond donors (Lipinski definition) is 1. The lowest BCUT2D eigenvalue weighted by Crippen LogP contribution is -2.48. The van der Waals surface area contributed by atoms with Crippen LogP contribution in [0, 0.1) is 5.92 Å². The molecule has 1 aliphatic heterocycles. The Labute approximate surface area is 177 Å². The third-order valence-electron chi connectivity index (χ3n) is 5.08. The van der Waals surface area contributed by atoms with E-state index in [-0.39, 0.29) is 23.6 Å². The molecule has 0 spiro atoms. The molecule has 1 saturated heterocycles. The van der Waals surface area contributed by atoms with Gasteiger partial charge in [0.05, 0.1) is 5.75 Å². The Bertz CT molecular complexity index is 881. The zero-order valence-electron chi connectivity index (χ0n) is 16.7. The normalized spacial score (nSPS) is 17.0. The molecule has 0 radical (unpaired) electrons. The van der Waals surface area contributed by atoms with Crippen LogP contribution >= 0.6 is 11.8 Å². The molecule has 0 bridgehead atoms. The first-order chi connectivity index (χ1) is 13.9. The third kappa shape index (κ3) is 6.59. The van der Waals surface area contributed by atoms with E-state index in [0.29, 0.717) is 25.9 Å². The summed E-state index contributed by atoms with van der Waals surface area (Å²) in [5.41, 5.74) is 0.799. The minimum Gasteiger partial charge on any atom is -0.353 e. The number of amides is 1. The molecule has 1 heterocycles. The van der Waals surface area contributed by atoms with Gasteiger partial charge in [-0.1, -0.05) is 55.5 Å². The average molecular weight is 433 g/mol. The van der Waals surface area contributed by atoms with Gasteiger partial charge in [-0.2, -0.15) is 0 Å². The highest BCUT2D eigenvalue weighted by molar-refractivity contribution is 7.99. The number of carbonyl (C=O) groups is 1. The quantitative estimate of drug-likeness (QED) is 0.648. The minimum absolute atomic E-state index is 0.0264. The number of benzene rings is 2. The molecule has 7 heteroatoms. The summed E-state index contributed by atoms with van der Waals surface area (Å²) in [4.78, 5) is 13.7. The van der Waals surface area contributed by atoms with Crippen LogP contribution in [0.2, 0.25) is 0 Å². The summed E-state index contributed by atoms with van der Waals surface area (Å²) in [6.07, 6.45) is 1.30. The summed E-state index contributed by atoms with van der Waals surface area (Å²) in [5, 5.41) is 3.10. The van der Waals surface area contributed by atoms with Gasteiger partial charge < -0.3 is 5.32 Å². The van der Waals surface area contributed by atoms with Crippen molar-refractivity contribution in [1.82, 2.24) is 9.62 Å². The lowest BCUT2D eigenvalue weighted by Gasteiger charge is -2.32. The van der Waals surface area contributed by atoms with E-state index in [1.807, 2.05) is 67.6 Å². The molecule has 29 heavy (non-hydrogen) atoms. The first kappa shape index (κ1) is 21.9. The fraction of sp³-hybridized carbons (Fsp3) is 0.409. The van der Waals surface area contributed by atoms with Crippen molar-refractivity contribution >= 4 is 27.7 Å². The van der Waals surface area contributed by atoms with E-state index < -0.39 is 10.0 Å². The second-order valence-electron chi connectivity index (χ2n) is 7.45. The number of carbonyl (C=O) groups excluding carboxylic acids is 1. The van der Waals surface area contributed by atoms with Crippen LogP contribution in [0.1, 0.15) is 25.3 Å². The van der Waals surface area contributed by atoms with Crippen LogP contribution in [0.5, 0.6) is 0 Å². The predicted molar refractivity (Wildman–Crippen MR) is 118 cm³/mol. The Morgan fingerprint density at radius 3 is 2.28 bits per heavy atom. The molecule has 1 N–H and O–H groups in total. The zero-order chi connectivity index (χ0) is 20.7. The maximum atomic E-state index is 12.6. The molecule has 2 aromatic carbocycles. The summed E-state index contributed by atoms with van der Waals surface area (Å²) in [7, 11) is -3.33. The van der Waals surface area contributed by atoms with Crippen LogP contribution in [0.4, 0.5) is 0 Å². The van der Waals surface area contributed by atoms with Crippen molar-refractivity contribution in [3.63, 3.8) is 0 Å². The standard InChI is InChI=1S/C22H28N2O3S2/c1-18(16-28-21-10-6-3-7-11-21)22(25)23-20-12-14-24(15-13-20)29(26,27)17-19-8-4-2-5-9-19/h2-11,18,20H,12-17H2,1H3,(H,23,25). The molecule has 1 unspecified atom stereocenters. The number of nitrogens with zero attached hydrogens (tertiary/aromatic N) is 1. The summed E-state index contributed by atoms with van der Waals surface area (Å²) in [6.45, 7) is 2.84. The van der Waals surface area contributed by atoms with Gasteiger partial charge in [0.1, 0.15) is 0 Å². The Hall–Kier alpha value is -1.83. The van der Waals surface area contributed by atoms with E-state index in [1.165, 1.54) is 0 Å². The van der Waals surface area contributed by atoms with E-state index in [2.05, 4.69) is 5.32 Å². The smallest absolute Gasteiger partial charge is 0.223 e. The van der Waals surface area contributed by atoms with Crippen LogP contribution < -0.4 is 5.32 Å². The first-order valence-electron chi connectivity index (χ1n) is 9.94. The Morgan fingerprint density at radius 1 is 1.07 bits per heavy atom. The number of nitrogens with one attached hydrogen (secondary N) is 1. The van der Waals surface area contributed by atoms with Crippen molar-refractivity contribution in [2.45, 2.75) is 36.5 Å². The van der Waals surface area contributed by atoms with Crippen LogP contribution in [0.3, 0.4) is 0 Å². The maximum Gasteiger partial charge on any atom is 0.223 e. The predicted octanol–water partition coefficient (Wildman–Crippen LogP) is 3.53. The minimum atomic E-state index is -3.33. The van der Waals surface area contributed by atoms with Gasteiger partial charge in [0.25, 0.3) is 0 Å². The van der Waals surface area contributed by atoms with Crippen molar-refractivity contribution in [1.29, 1.82) is 0 Å². The molecule has 0 aromatic heterocycles. The topological polar surface area (TPSA) is 66.5 Å². The molecule has 0 aliphatic carbocycles. The molecule has 0 saturated carbocycles. The van der Waals surface area contributed by atoms with E-state index >= 15 is 0 Å². The fourth-order valence-corrected chi connectivity index (χ4v) is 5.82. The molecule has 1 aliphatic rings. The van der Waals surface area contributed by atoms with Crippen molar-refractivity contribution in [3.8, 4) is 0 Å². The number of piperidine rings is 1. The van der Waals surface area contributed by atoms with Crippen LogP contribution in [-0.4, -0.2) is 43.5 Å². The van der Waals surface area contributed by atoms with Gasteiger partial charge in [0, 0.05) is 35.7 Å². The van der Waals surface area contributed by atoms with Crippen LogP contribution in [0.25, 0.3) is 0 Å². The molecular weight excluding hydrogens is 404 g/mol. The largest absolute Gasteiger partial charge is 0.353 e. The highest BCUT2D eigenvalue weighted by Crippen LogP contribution is 2.21. The summed E-state index contributed by atoms with van der Waals surface area (Å²) in [5.74, 6) is 0.692. The number of thioether (sulfide) groups is 1. The lowest BCUT2D eigenvalue weighted by molar-refractivity contribution is -0.124. The van der Waals surface area contributed by atoms with Gasteiger partial charge >= 0.3 is 0 Å². The monoisotopic (exact) mass is 432 g/mol. The van der Waals surface area contributed by atoms with Crippen molar-refractivity contribution < 1.29 is 13.2 Å². The van der Waals surface area contributed by atoms with Crippen LogP contribution in [0.15, 0.2) is 65.6 Å². The molecular formula is C22H28N2O3S2. The van der Waals surface area contributed by atoms with Gasteiger partial charge in [0.15, 0.2) is 0 Å². The van der Waals surface area contributed by atoms with Crippen molar-refractivity contribution in [2.24, 2.45) is 5.92 Å².